The van der Waals surface area contributed by atoms with E-state index in [0.717, 1.165) is 31.5 Å². The van der Waals surface area contributed by atoms with Gasteiger partial charge >= 0.3 is 0 Å². The second-order valence-electron chi connectivity index (χ2n) is 6.15. The van der Waals surface area contributed by atoms with E-state index in [9.17, 15) is 18.9 Å². The predicted molar refractivity (Wildman–Crippen MR) is 95.8 cm³/mol. The number of allylic oxidation sites excluding steroid dienone is 3. The van der Waals surface area contributed by atoms with E-state index >= 15 is 0 Å². The summed E-state index contributed by atoms with van der Waals surface area (Å²) < 4.78 is 26.6. The van der Waals surface area contributed by atoms with Gasteiger partial charge in [0, 0.05) is 18.8 Å². The molecule has 25 heavy (non-hydrogen) atoms. The van der Waals surface area contributed by atoms with Crippen LogP contribution in [0.5, 0.6) is 0 Å². The minimum atomic E-state index is -3.84. The lowest BCUT2D eigenvalue weighted by atomic mass is 10.1. The number of hydrogen-bond donors (Lipinski definition) is 0. The molecule has 0 atom stereocenters. The molecular weight excluding hydrogens is 334 g/mol. The maximum absolute atomic E-state index is 13.3. The summed E-state index contributed by atoms with van der Waals surface area (Å²) in [5.41, 5.74) is 1.58. The molecule has 0 N–H and O–H groups in total. The molecule has 1 aliphatic rings. The Labute approximate surface area is 149 Å². The van der Waals surface area contributed by atoms with Crippen molar-refractivity contribution in [1.82, 2.24) is 4.90 Å². The minimum absolute atomic E-state index is 0.0661. The first-order chi connectivity index (χ1) is 11.8. The van der Waals surface area contributed by atoms with Crippen LogP contribution in [0.4, 0.5) is 0 Å². The van der Waals surface area contributed by atoms with Crippen molar-refractivity contribution in [2.45, 2.75) is 38.5 Å². The Balaban J connectivity index is 2.74. The molecule has 1 heterocycles. The molecule has 1 aromatic carbocycles. The molecule has 130 valence electrons. The third-order valence-corrected chi connectivity index (χ3v) is 6.48. The lowest BCUT2D eigenvalue weighted by molar-refractivity contribution is 0.425. The Hall–Kier alpha value is -2.57. The van der Waals surface area contributed by atoms with Crippen LogP contribution in [0.2, 0.25) is 0 Å². The summed E-state index contributed by atoms with van der Waals surface area (Å²) in [7, 11) is -3.84. The first-order valence-corrected chi connectivity index (χ1v) is 9.60. The van der Waals surface area contributed by atoms with E-state index in [1.807, 2.05) is 24.0 Å². The molecule has 1 fully saturated rings. The lowest BCUT2D eigenvalue weighted by Crippen LogP contribution is -2.22. The lowest BCUT2D eigenvalue weighted by Gasteiger charge is -2.23. The third-order valence-electron chi connectivity index (χ3n) is 4.45. The van der Waals surface area contributed by atoms with Crippen LogP contribution in [0.25, 0.3) is 0 Å². The van der Waals surface area contributed by atoms with Crippen molar-refractivity contribution in [1.29, 1.82) is 10.5 Å². The van der Waals surface area contributed by atoms with Gasteiger partial charge in [0.05, 0.1) is 9.80 Å². The van der Waals surface area contributed by atoms with Crippen molar-refractivity contribution < 1.29 is 8.42 Å². The molecule has 1 saturated heterocycles. The van der Waals surface area contributed by atoms with Crippen molar-refractivity contribution in [2.75, 3.05) is 13.1 Å². The molecule has 0 unspecified atom stereocenters. The summed E-state index contributed by atoms with van der Waals surface area (Å²) in [4.78, 5) is 2.24. The molecule has 0 amide bonds. The third kappa shape index (κ3) is 3.75. The van der Waals surface area contributed by atoms with Crippen LogP contribution in [0.15, 0.2) is 50.9 Å². The van der Waals surface area contributed by atoms with Gasteiger partial charge in [-0.25, -0.2) is 8.42 Å². The van der Waals surface area contributed by atoms with Gasteiger partial charge in [0.15, 0.2) is 0 Å². The van der Waals surface area contributed by atoms with E-state index in [2.05, 4.69) is 0 Å². The van der Waals surface area contributed by atoms with Gasteiger partial charge in [-0.1, -0.05) is 17.7 Å². The zero-order chi connectivity index (χ0) is 18.6. The quantitative estimate of drug-likeness (QED) is 0.610. The molecule has 2 rings (SSSR count). The van der Waals surface area contributed by atoms with E-state index in [-0.39, 0.29) is 20.9 Å². The smallest absolute Gasteiger partial charge is 0.208 e. The van der Waals surface area contributed by atoms with Crippen LogP contribution in [0.3, 0.4) is 0 Å². The van der Waals surface area contributed by atoms with Crippen molar-refractivity contribution in [3.8, 4) is 12.1 Å². The van der Waals surface area contributed by atoms with Crippen LogP contribution < -0.4 is 0 Å². The van der Waals surface area contributed by atoms with Gasteiger partial charge in [-0.3, -0.25) is 0 Å². The number of aryl methyl sites for hydroxylation is 1. The van der Waals surface area contributed by atoms with E-state index in [0.29, 0.717) is 5.70 Å². The second kappa shape index (κ2) is 7.55. The highest BCUT2D eigenvalue weighted by Crippen LogP contribution is 2.32. The molecule has 1 aromatic rings. The molecule has 0 radical (unpaired) electrons. The number of nitrogens with zero attached hydrogens (tertiary/aromatic N) is 3. The molecule has 0 bridgehead atoms. The fraction of sp³-hybridized carbons (Fsp3) is 0.368. The molecule has 5 nitrogen and oxygen atoms in total. The van der Waals surface area contributed by atoms with E-state index in [4.69, 9.17) is 0 Å². The number of nitriles is 2. The molecule has 0 saturated carbocycles. The first-order valence-electron chi connectivity index (χ1n) is 8.12. The number of benzene rings is 1. The van der Waals surface area contributed by atoms with E-state index in [1.165, 1.54) is 6.92 Å². The molecule has 0 aromatic heterocycles. The summed E-state index contributed by atoms with van der Waals surface area (Å²) >= 11 is 0. The van der Waals surface area contributed by atoms with E-state index in [1.54, 1.807) is 31.2 Å². The number of likely N-dealkylation sites (tertiary alicyclic amines) is 1. The molecule has 0 spiro atoms. The standard InChI is InChI=1S/C19H21N3O2S/c1-14-6-8-18(9-7-14)25(23,24)19(15(2)17(12-20)13-21)16(3)22-10-4-5-11-22/h6-9H,4-5,10-11H2,1-3H3/b19-16-. The zero-order valence-corrected chi connectivity index (χ0v) is 15.5. The SMILES string of the molecule is CC(=C(C#N)C#N)/C(=C(\C)N1CCCC1)S(=O)(=O)c1ccc(C)cc1. The van der Waals surface area contributed by atoms with E-state index < -0.39 is 9.84 Å². The molecule has 6 heteroatoms. The Morgan fingerprint density at radius 3 is 2.04 bits per heavy atom. The highest BCUT2D eigenvalue weighted by atomic mass is 32.2. The summed E-state index contributed by atoms with van der Waals surface area (Å²) in [6, 6.07) is 10.2. The van der Waals surface area contributed by atoms with Gasteiger partial charge in [-0.05, 0) is 51.3 Å². The predicted octanol–water partition coefficient (Wildman–Crippen LogP) is 3.46. The number of hydrogen-bond acceptors (Lipinski definition) is 5. The fourth-order valence-corrected chi connectivity index (χ4v) is 4.76. The Morgan fingerprint density at radius 1 is 1.04 bits per heavy atom. The van der Waals surface area contributed by atoms with Gasteiger partial charge in [0.2, 0.25) is 9.84 Å². The van der Waals surface area contributed by atoms with Gasteiger partial charge in [0.1, 0.15) is 17.7 Å². The van der Waals surface area contributed by atoms with Gasteiger partial charge in [-0.15, -0.1) is 0 Å². The highest BCUT2D eigenvalue weighted by molar-refractivity contribution is 7.95. The highest BCUT2D eigenvalue weighted by Gasteiger charge is 2.29. The second-order valence-corrected chi connectivity index (χ2v) is 8.04. The zero-order valence-electron chi connectivity index (χ0n) is 14.7. The summed E-state index contributed by atoms with van der Waals surface area (Å²) in [5, 5.41) is 18.4. The fourth-order valence-electron chi connectivity index (χ4n) is 3.01. The van der Waals surface area contributed by atoms with Crippen molar-refractivity contribution in [3.63, 3.8) is 0 Å². The molecule has 0 aliphatic carbocycles. The Bertz CT molecular complexity index is 889. The van der Waals surface area contributed by atoms with Crippen LogP contribution in [0.1, 0.15) is 32.3 Å². The van der Waals surface area contributed by atoms with Crippen molar-refractivity contribution in [2.24, 2.45) is 0 Å². The average molecular weight is 355 g/mol. The summed E-state index contributed by atoms with van der Waals surface area (Å²) in [6.45, 7) is 6.73. The van der Waals surface area contributed by atoms with Crippen molar-refractivity contribution >= 4 is 9.84 Å². The molecule has 1 aliphatic heterocycles. The van der Waals surface area contributed by atoms with Crippen LogP contribution in [0, 0.1) is 29.6 Å². The Kier molecular flexibility index (Phi) is 5.66. The minimum Gasteiger partial charge on any atom is -0.374 e. The van der Waals surface area contributed by atoms with Crippen molar-refractivity contribution in [3.05, 3.63) is 51.6 Å². The largest absolute Gasteiger partial charge is 0.374 e. The van der Waals surface area contributed by atoms with Crippen LogP contribution in [-0.4, -0.2) is 26.4 Å². The van der Waals surface area contributed by atoms with Crippen LogP contribution >= 0.6 is 0 Å². The van der Waals surface area contributed by atoms with Crippen LogP contribution in [-0.2, 0) is 9.84 Å². The topological polar surface area (TPSA) is 85.0 Å². The number of sulfone groups is 1. The normalized spacial score (nSPS) is 15.2. The maximum Gasteiger partial charge on any atom is 0.208 e. The average Bonchev–Trinajstić information content (AvgIpc) is 3.11. The van der Waals surface area contributed by atoms with Gasteiger partial charge in [-0.2, -0.15) is 10.5 Å². The Morgan fingerprint density at radius 2 is 1.56 bits per heavy atom. The van der Waals surface area contributed by atoms with Gasteiger partial charge in [0.25, 0.3) is 0 Å². The molecular formula is C19H21N3O2S. The monoisotopic (exact) mass is 355 g/mol. The van der Waals surface area contributed by atoms with Gasteiger partial charge < -0.3 is 4.90 Å². The first kappa shape index (κ1) is 18.8. The number of rotatable bonds is 4. The summed E-state index contributed by atoms with van der Waals surface area (Å²) in [6.07, 6.45) is 2.00. The maximum atomic E-state index is 13.3. The summed E-state index contributed by atoms with van der Waals surface area (Å²) in [5.74, 6) is 0.